The van der Waals surface area contributed by atoms with Crippen molar-refractivity contribution in [2.75, 3.05) is 14.2 Å². The number of rotatable bonds is 5. The SMILES string of the molecule is COc1ccc(OC)c(CSc2ncnc3c2oc2ccccc23)c1. The third kappa shape index (κ3) is 2.89. The van der Waals surface area contributed by atoms with Crippen LogP contribution in [0.1, 0.15) is 5.56 Å². The molecule has 0 aliphatic carbocycles. The lowest BCUT2D eigenvalue weighted by atomic mass is 10.2. The summed E-state index contributed by atoms with van der Waals surface area (Å²) in [5.41, 5.74) is 3.41. The van der Waals surface area contributed by atoms with Crippen molar-refractivity contribution in [2.45, 2.75) is 10.8 Å². The minimum absolute atomic E-state index is 0.684. The van der Waals surface area contributed by atoms with Gasteiger partial charge in [-0.25, -0.2) is 9.97 Å². The number of ether oxygens (including phenoxy) is 2. The predicted molar refractivity (Wildman–Crippen MR) is 98.4 cm³/mol. The van der Waals surface area contributed by atoms with E-state index in [0.717, 1.165) is 44.2 Å². The molecule has 2 heterocycles. The molecule has 0 radical (unpaired) electrons. The van der Waals surface area contributed by atoms with Gasteiger partial charge in [-0.3, -0.25) is 0 Å². The lowest BCUT2D eigenvalue weighted by Gasteiger charge is -2.10. The Morgan fingerprint density at radius 3 is 2.76 bits per heavy atom. The molecule has 0 unspecified atom stereocenters. The monoisotopic (exact) mass is 352 g/mol. The molecule has 0 saturated carbocycles. The predicted octanol–water partition coefficient (Wildman–Crippen LogP) is 4.69. The molecule has 4 aromatic rings. The van der Waals surface area contributed by atoms with Crippen LogP contribution < -0.4 is 9.47 Å². The van der Waals surface area contributed by atoms with Gasteiger partial charge in [0.2, 0.25) is 0 Å². The van der Waals surface area contributed by atoms with Gasteiger partial charge in [0.15, 0.2) is 5.58 Å². The summed E-state index contributed by atoms with van der Waals surface area (Å²) in [6.45, 7) is 0. The lowest BCUT2D eigenvalue weighted by molar-refractivity contribution is 0.400. The van der Waals surface area contributed by atoms with Gasteiger partial charge in [-0.2, -0.15) is 0 Å². The zero-order valence-corrected chi connectivity index (χ0v) is 14.7. The van der Waals surface area contributed by atoms with E-state index in [1.54, 1.807) is 32.3 Å². The molecule has 0 bridgehead atoms. The van der Waals surface area contributed by atoms with Crippen LogP contribution in [0, 0.1) is 0 Å². The molecule has 0 aliphatic rings. The van der Waals surface area contributed by atoms with E-state index in [4.69, 9.17) is 13.9 Å². The highest BCUT2D eigenvalue weighted by Gasteiger charge is 2.14. The number of benzene rings is 2. The molecule has 0 N–H and O–H groups in total. The van der Waals surface area contributed by atoms with Gasteiger partial charge in [0.05, 0.1) is 14.2 Å². The minimum Gasteiger partial charge on any atom is -0.497 e. The first kappa shape index (κ1) is 15.8. The number of methoxy groups -OCH3 is 2. The fourth-order valence-corrected chi connectivity index (χ4v) is 3.66. The van der Waals surface area contributed by atoms with Crippen LogP contribution in [0.3, 0.4) is 0 Å². The van der Waals surface area contributed by atoms with Gasteiger partial charge in [-0.15, -0.1) is 0 Å². The van der Waals surface area contributed by atoms with E-state index in [1.807, 2.05) is 42.5 Å². The molecule has 0 amide bonds. The van der Waals surface area contributed by atoms with Crippen molar-refractivity contribution in [3.63, 3.8) is 0 Å². The number of thioether (sulfide) groups is 1. The maximum atomic E-state index is 5.97. The van der Waals surface area contributed by atoms with E-state index in [0.29, 0.717) is 5.75 Å². The van der Waals surface area contributed by atoms with Crippen LogP contribution in [0.15, 0.2) is 58.2 Å². The van der Waals surface area contributed by atoms with Crippen molar-refractivity contribution in [2.24, 2.45) is 0 Å². The second-order valence-electron chi connectivity index (χ2n) is 5.42. The van der Waals surface area contributed by atoms with Crippen molar-refractivity contribution in [3.8, 4) is 11.5 Å². The van der Waals surface area contributed by atoms with Crippen molar-refractivity contribution in [1.82, 2.24) is 9.97 Å². The number of hydrogen-bond donors (Lipinski definition) is 0. The van der Waals surface area contributed by atoms with E-state index in [9.17, 15) is 0 Å². The van der Waals surface area contributed by atoms with Gasteiger partial charge in [0.1, 0.15) is 34.0 Å². The minimum atomic E-state index is 0.684. The third-order valence-corrected chi connectivity index (χ3v) is 5.00. The summed E-state index contributed by atoms with van der Waals surface area (Å²) in [7, 11) is 3.32. The van der Waals surface area contributed by atoms with Crippen LogP contribution in [-0.4, -0.2) is 24.2 Å². The first-order valence-corrected chi connectivity index (χ1v) is 8.74. The zero-order chi connectivity index (χ0) is 17.2. The molecule has 5 nitrogen and oxygen atoms in total. The van der Waals surface area contributed by atoms with E-state index in [-0.39, 0.29) is 0 Å². The number of para-hydroxylation sites is 1. The van der Waals surface area contributed by atoms with Crippen LogP contribution in [0.4, 0.5) is 0 Å². The van der Waals surface area contributed by atoms with Crippen molar-refractivity contribution >= 4 is 33.8 Å². The molecule has 25 heavy (non-hydrogen) atoms. The van der Waals surface area contributed by atoms with Crippen LogP contribution in [0.25, 0.3) is 22.1 Å². The van der Waals surface area contributed by atoms with Gasteiger partial charge in [-0.05, 0) is 30.3 Å². The summed E-state index contributed by atoms with van der Waals surface area (Å²) >= 11 is 1.59. The highest BCUT2D eigenvalue weighted by atomic mass is 32.2. The molecule has 4 rings (SSSR count). The number of furan rings is 1. The van der Waals surface area contributed by atoms with E-state index in [2.05, 4.69) is 9.97 Å². The van der Waals surface area contributed by atoms with Gasteiger partial charge < -0.3 is 13.9 Å². The Labute approximate surface area is 149 Å². The van der Waals surface area contributed by atoms with E-state index in [1.165, 1.54) is 0 Å². The molecule has 0 aliphatic heterocycles. The summed E-state index contributed by atoms with van der Waals surface area (Å²) in [6.07, 6.45) is 1.58. The molecular formula is C19H16N2O3S. The molecule has 6 heteroatoms. The van der Waals surface area contributed by atoms with E-state index < -0.39 is 0 Å². The average molecular weight is 352 g/mol. The maximum absolute atomic E-state index is 5.97. The number of fused-ring (bicyclic) bond motifs is 3. The molecule has 0 spiro atoms. The molecule has 0 atom stereocenters. The second kappa shape index (κ2) is 6.64. The fourth-order valence-electron chi connectivity index (χ4n) is 2.75. The van der Waals surface area contributed by atoms with Crippen LogP contribution in [0.5, 0.6) is 11.5 Å². The molecule has 126 valence electrons. The number of nitrogens with zero attached hydrogens (tertiary/aromatic N) is 2. The summed E-state index contributed by atoms with van der Waals surface area (Å²) < 4.78 is 16.7. The molecule has 2 aromatic heterocycles. The Morgan fingerprint density at radius 2 is 1.92 bits per heavy atom. The third-order valence-electron chi connectivity index (χ3n) is 3.98. The number of hydrogen-bond acceptors (Lipinski definition) is 6. The molecule has 0 fully saturated rings. The topological polar surface area (TPSA) is 57.4 Å². The summed E-state index contributed by atoms with van der Waals surface area (Å²) in [4.78, 5) is 8.78. The van der Waals surface area contributed by atoms with Crippen LogP contribution in [-0.2, 0) is 5.75 Å². The quantitative estimate of drug-likeness (QED) is 0.384. The highest BCUT2D eigenvalue weighted by molar-refractivity contribution is 7.98. The van der Waals surface area contributed by atoms with Gasteiger partial charge in [-0.1, -0.05) is 23.9 Å². The fraction of sp³-hybridized carbons (Fsp3) is 0.158. The van der Waals surface area contributed by atoms with Crippen LogP contribution in [0.2, 0.25) is 0 Å². The second-order valence-corrected chi connectivity index (χ2v) is 6.39. The largest absolute Gasteiger partial charge is 0.497 e. The Kier molecular flexibility index (Phi) is 4.19. The van der Waals surface area contributed by atoms with Gasteiger partial charge in [0.25, 0.3) is 0 Å². The standard InChI is InChI=1S/C19H16N2O3S/c1-22-13-7-8-15(23-2)12(9-13)10-25-19-18-17(20-11-21-19)14-5-3-4-6-16(14)24-18/h3-9,11H,10H2,1-2H3. The van der Waals surface area contributed by atoms with Crippen molar-refractivity contribution in [1.29, 1.82) is 0 Å². The summed E-state index contributed by atoms with van der Waals surface area (Å²) in [5, 5.41) is 1.81. The maximum Gasteiger partial charge on any atom is 0.186 e. The molecule has 2 aromatic carbocycles. The molecular weight excluding hydrogens is 336 g/mol. The summed E-state index contributed by atoms with van der Waals surface area (Å²) in [5.74, 6) is 2.31. The van der Waals surface area contributed by atoms with Crippen LogP contribution >= 0.6 is 11.8 Å². The lowest BCUT2D eigenvalue weighted by Crippen LogP contribution is -1.93. The zero-order valence-electron chi connectivity index (χ0n) is 13.9. The molecule has 0 saturated heterocycles. The van der Waals surface area contributed by atoms with Gasteiger partial charge in [0, 0.05) is 16.7 Å². The highest BCUT2D eigenvalue weighted by Crippen LogP contribution is 2.35. The Bertz CT molecular complexity index is 1050. The Hall–Kier alpha value is -2.73. The Morgan fingerprint density at radius 1 is 1.04 bits per heavy atom. The van der Waals surface area contributed by atoms with Crippen molar-refractivity contribution < 1.29 is 13.9 Å². The average Bonchev–Trinajstić information content (AvgIpc) is 3.05. The first-order chi connectivity index (χ1) is 12.3. The Balaban J connectivity index is 1.70. The normalized spacial score (nSPS) is 11.1. The van der Waals surface area contributed by atoms with Gasteiger partial charge >= 0.3 is 0 Å². The first-order valence-electron chi connectivity index (χ1n) is 7.76. The van der Waals surface area contributed by atoms with Crippen molar-refractivity contribution in [3.05, 3.63) is 54.4 Å². The summed E-state index contributed by atoms with van der Waals surface area (Å²) in [6, 6.07) is 13.6. The number of aromatic nitrogens is 2. The van der Waals surface area contributed by atoms with E-state index >= 15 is 0 Å². The smallest absolute Gasteiger partial charge is 0.186 e.